The zero-order valence-corrected chi connectivity index (χ0v) is 11.0. The minimum atomic E-state index is -0.504. The van der Waals surface area contributed by atoms with Crippen LogP contribution in [0.4, 0.5) is 5.69 Å². The molecule has 98 valence electrons. The van der Waals surface area contributed by atoms with Gasteiger partial charge in [0.15, 0.2) is 0 Å². The van der Waals surface area contributed by atoms with Crippen LogP contribution in [-0.4, -0.2) is 10.7 Å². The molecule has 2 aromatic rings. The molecule has 20 heavy (non-hydrogen) atoms. The largest absolute Gasteiger partial charge is 0.287 e. The number of ketones is 1. The van der Waals surface area contributed by atoms with E-state index in [0.717, 1.165) is 0 Å². The molecule has 0 unspecified atom stereocenters. The van der Waals surface area contributed by atoms with Crippen LogP contribution in [0.25, 0.3) is 6.08 Å². The van der Waals surface area contributed by atoms with Gasteiger partial charge in [-0.15, -0.1) is 11.3 Å². The molecule has 0 aliphatic carbocycles. The zero-order valence-electron chi connectivity index (χ0n) is 10.1. The first kappa shape index (κ1) is 13.6. The summed E-state index contributed by atoms with van der Waals surface area (Å²) >= 11 is 1.26. The first-order chi connectivity index (χ1) is 9.61. The molecule has 0 amide bonds. The smallest absolute Gasteiger partial charge is 0.269 e. The Morgan fingerprint density at radius 3 is 2.50 bits per heavy atom. The van der Waals surface area contributed by atoms with Crippen LogP contribution >= 0.6 is 11.3 Å². The van der Waals surface area contributed by atoms with E-state index < -0.39 is 4.92 Å². The van der Waals surface area contributed by atoms with Gasteiger partial charge in [-0.2, -0.15) is 5.26 Å². The molecule has 2 rings (SSSR count). The lowest BCUT2D eigenvalue weighted by molar-refractivity contribution is -0.384. The molecule has 1 aromatic heterocycles. The summed E-state index contributed by atoms with van der Waals surface area (Å²) in [6.45, 7) is 0. The number of thiophene rings is 1. The average Bonchev–Trinajstić information content (AvgIpc) is 2.98. The van der Waals surface area contributed by atoms with Crippen LogP contribution in [0.15, 0.2) is 47.4 Å². The molecule has 5 nitrogen and oxygen atoms in total. The number of hydrogen-bond donors (Lipinski definition) is 0. The van der Waals surface area contributed by atoms with Gasteiger partial charge >= 0.3 is 0 Å². The van der Waals surface area contributed by atoms with Gasteiger partial charge in [0.2, 0.25) is 5.78 Å². The summed E-state index contributed by atoms with van der Waals surface area (Å²) in [6.07, 6.45) is 1.42. The van der Waals surface area contributed by atoms with Crippen LogP contribution in [-0.2, 0) is 0 Å². The van der Waals surface area contributed by atoms with E-state index in [1.807, 2.05) is 6.07 Å². The molecule has 0 fully saturated rings. The van der Waals surface area contributed by atoms with Crippen molar-refractivity contribution in [2.24, 2.45) is 0 Å². The summed E-state index contributed by atoms with van der Waals surface area (Å²) in [6, 6.07) is 10.9. The average molecular weight is 284 g/mol. The minimum absolute atomic E-state index is 0.00121. The highest BCUT2D eigenvalue weighted by molar-refractivity contribution is 7.12. The van der Waals surface area contributed by atoms with Gasteiger partial charge in [0.1, 0.15) is 11.6 Å². The third-order valence-electron chi connectivity index (χ3n) is 2.52. The number of nitrogens with zero attached hydrogens (tertiary/aromatic N) is 2. The fourth-order valence-corrected chi connectivity index (χ4v) is 2.23. The minimum Gasteiger partial charge on any atom is -0.287 e. The Balaban J connectivity index is 2.30. The summed E-state index contributed by atoms with van der Waals surface area (Å²) < 4.78 is 0. The van der Waals surface area contributed by atoms with E-state index >= 15 is 0 Å². The summed E-state index contributed by atoms with van der Waals surface area (Å²) in [5.41, 5.74) is 0.531. The van der Waals surface area contributed by atoms with Crippen molar-refractivity contribution in [3.63, 3.8) is 0 Å². The highest BCUT2D eigenvalue weighted by Gasteiger charge is 2.13. The topological polar surface area (TPSA) is 84.0 Å². The van der Waals surface area contributed by atoms with Crippen LogP contribution in [0, 0.1) is 21.4 Å². The maximum atomic E-state index is 12.0. The first-order valence-corrected chi connectivity index (χ1v) is 6.44. The monoisotopic (exact) mass is 284 g/mol. The normalized spacial score (nSPS) is 10.8. The summed E-state index contributed by atoms with van der Waals surface area (Å²) in [5.74, 6) is -0.346. The van der Waals surface area contributed by atoms with Crippen molar-refractivity contribution in [3.8, 4) is 6.07 Å². The highest BCUT2D eigenvalue weighted by atomic mass is 32.1. The van der Waals surface area contributed by atoms with Gasteiger partial charge in [-0.1, -0.05) is 6.07 Å². The van der Waals surface area contributed by atoms with E-state index in [0.29, 0.717) is 10.4 Å². The van der Waals surface area contributed by atoms with E-state index in [2.05, 4.69) is 0 Å². The van der Waals surface area contributed by atoms with Gasteiger partial charge in [0.05, 0.1) is 9.80 Å². The molecule has 0 aliphatic rings. The SMILES string of the molecule is N#C/C(=C\c1ccc([N+](=O)[O-])cc1)C(=O)c1cccs1. The Morgan fingerprint density at radius 1 is 1.30 bits per heavy atom. The lowest BCUT2D eigenvalue weighted by atomic mass is 10.1. The molecule has 1 heterocycles. The number of carbonyl (C=O) groups excluding carboxylic acids is 1. The fourth-order valence-electron chi connectivity index (χ4n) is 1.55. The first-order valence-electron chi connectivity index (χ1n) is 5.56. The molecular weight excluding hydrogens is 276 g/mol. The Bertz CT molecular complexity index is 710. The lowest BCUT2D eigenvalue weighted by Crippen LogP contribution is -1.98. The number of nitro groups is 1. The van der Waals surface area contributed by atoms with Crippen LogP contribution in [0.5, 0.6) is 0 Å². The third-order valence-corrected chi connectivity index (χ3v) is 3.39. The number of hydrogen-bond acceptors (Lipinski definition) is 5. The van der Waals surface area contributed by atoms with Crippen molar-refractivity contribution >= 4 is 28.9 Å². The standard InChI is InChI=1S/C14H8N2O3S/c15-9-11(14(17)13-2-1-7-20-13)8-10-3-5-12(6-4-10)16(18)19/h1-8H/b11-8+. The molecular formula is C14H8N2O3S. The maximum absolute atomic E-state index is 12.0. The summed E-state index contributed by atoms with van der Waals surface area (Å²) in [4.78, 5) is 22.5. The second-order valence-electron chi connectivity index (χ2n) is 3.82. The second-order valence-corrected chi connectivity index (χ2v) is 4.77. The van der Waals surface area contributed by atoms with Crippen molar-refractivity contribution in [3.05, 3.63) is 67.9 Å². The number of allylic oxidation sites excluding steroid dienone is 1. The molecule has 0 bridgehead atoms. The Hall–Kier alpha value is -2.78. The van der Waals surface area contributed by atoms with E-state index in [9.17, 15) is 14.9 Å². The summed E-state index contributed by atoms with van der Waals surface area (Å²) in [7, 11) is 0. The van der Waals surface area contributed by atoms with Gasteiger partial charge in [-0.05, 0) is 35.2 Å². The Morgan fingerprint density at radius 2 is 2.00 bits per heavy atom. The van der Waals surface area contributed by atoms with Gasteiger partial charge in [-0.3, -0.25) is 14.9 Å². The van der Waals surface area contributed by atoms with Gasteiger partial charge in [0, 0.05) is 12.1 Å². The molecule has 1 aromatic carbocycles. The van der Waals surface area contributed by atoms with Crippen molar-refractivity contribution in [2.45, 2.75) is 0 Å². The lowest BCUT2D eigenvalue weighted by Gasteiger charge is -1.97. The van der Waals surface area contributed by atoms with Gasteiger partial charge in [0.25, 0.3) is 5.69 Å². The van der Waals surface area contributed by atoms with Crippen LogP contribution in [0.1, 0.15) is 15.2 Å². The fraction of sp³-hybridized carbons (Fsp3) is 0. The second kappa shape index (κ2) is 5.91. The maximum Gasteiger partial charge on any atom is 0.269 e. The predicted molar refractivity (Wildman–Crippen MR) is 75.3 cm³/mol. The Labute approximate surface area is 118 Å². The number of nitriles is 1. The highest BCUT2D eigenvalue weighted by Crippen LogP contribution is 2.18. The molecule has 0 radical (unpaired) electrons. The number of benzene rings is 1. The van der Waals surface area contributed by atoms with E-state index in [-0.39, 0.29) is 17.0 Å². The van der Waals surface area contributed by atoms with Gasteiger partial charge in [-0.25, -0.2) is 0 Å². The van der Waals surface area contributed by atoms with Crippen molar-refractivity contribution in [1.82, 2.24) is 0 Å². The number of rotatable bonds is 4. The third kappa shape index (κ3) is 2.96. The zero-order chi connectivity index (χ0) is 14.5. The van der Waals surface area contributed by atoms with E-state index in [1.54, 1.807) is 17.5 Å². The number of carbonyl (C=O) groups is 1. The number of nitro benzene ring substituents is 1. The van der Waals surface area contributed by atoms with Gasteiger partial charge < -0.3 is 0 Å². The number of non-ortho nitro benzene ring substituents is 1. The molecule has 0 aliphatic heterocycles. The Kier molecular flexibility index (Phi) is 4.03. The predicted octanol–water partition coefficient (Wildman–Crippen LogP) is 3.45. The molecule has 0 saturated carbocycles. The van der Waals surface area contributed by atoms with E-state index in [4.69, 9.17) is 5.26 Å². The molecule has 0 N–H and O–H groups in total. The van der Waals surface area contributed by atoms with Crippen molar-refractivity contribution in [2.75, 3.05) is 0 Å². The van der Waals surface area contributed by atoms with Crippen molar-refractivity contribution in [1.29, 1.82) is 5.26 Å². The molecule has 6 heteroatoms. The van der Waals surface area contributed by atoms with Crippen molar-refractivity contribution < 1.29 is 9.72 Å². The molecule has 0 atom stereocenters. The van der Waals surface area contributed by atoms with Crippen LogP contribution in [0.2, 0.25) is 0 Å². The molecule has 0 spiro atoms. The summed E-state index contributed by atoms with van der Waals surface area (Å²) in [5, 5.41) is 21.4. The number of Topliss-reactive ketones (excluding diaryl/α,β-unsaturated/α-hetero) is 1. The van der Waals surface area contributed by atoms with Crippen LogP contribution in [0.3, 0.4) is 0 Å². The van der Waals surface area contributed by atoms with Crippen LogP contribution < -0.4 is 0 Å². The van der Waals surface area contributed by atoms with E-state index in [1.165, 1.54) is 41.7 Å². The quantitative estimate of drug-likeness (QED) is 0.283. The molecule has 0 saturated heterocycles.